The molecule has 1 aromatic carbocycles. The number of fused-ring (bicyclic) bond motifs is 1. The van der Waals surface area contributed by atoms with Gasteiger partial charge in [-0.25, -0.2) is 0 Å². The number of hydrogen-bond donors (Lipinski definition) is 0. The Labute approximate surface area is 136 Å². The Hall–Kier alpha value is -1.73. The molecule has 1 heterocycles. The SMILES string of the molecule is Cn1c(SCC#N)c(C=NC2CCCCC2)c2ccccc21. The predicted octanol–water partition coefficient (Wildman–Crippen LogP) is 4.55. The molecule has 0 radical (unpaired) electrons. The van der Waals surface area contributed by atoms with Gasteiger partial charge in [-0.2, -0.15) is 5.26 Å². The highest BCUT2D eigenvalue weighted by Gasteiger charge is 2.15. The van der Waals surface area contributed by atoms with Gasteiger partial charge in [0.25, 0.3) is 0 Å². The molecular weight excluding hydrogens is 290 g/mol. The summed E-state index contributed by atoms with van der Waals surface area (Å²) >= 11 is 1.60. The minimum atomic E-state index is 0.467. The first-order chi connectivity index (χ1) is 10.8. The van der Waals surface area contributed by atoms with E-state index in [4.69, 9.17) is 10.3 Å². The largest absolute Gasteiger partial charge is 0.338 e. The summed E-state index contributed by atoms with van der Waals surface area (Å²) in [6, 6.07) is 11.1. The molecule has 0 N–H and O–H groups in total. The number of aliphatic imine (C=N–C) groups is 1. The van der Waals surface area contributed by atoms with E-state index in [0.29, 0.717) is 11.8 Å². The molecule has 4 heteroatoms. The van der Waals surface area contributed by atoms with Crippen molar-refractivity contribution in [1.82, 2.24) is 4.57 Å². The van der Waals surface area contributed by atoms with Crippen molar-refractivity contribution in [3.8, 4) is 6.07 Å². The fraction of sp³-hybridized carbons (Fsp3) is 0.444. The van der Waals surface area contributed by atoms with E-state index in [0.717, 1.165) is 5.03 Å². The number of nitrogens with zero attached hydrogens (tertiary/aromatic N) is 3. The molecule has 1 aliphatic carbocycles. The molecule has 0 amide bonds. The molecule has 1 saturated carbocycles. The lowest BCUT2D eigenvalue weighted by molar-refractivity contribution is 0.444. The number of nitriles is 1. The van der Waals surface area contributed by atoms with Gasteiger partial charge in [-0.05, 0) is 18.9 Å². The summed E-state index contributed by atoms with van der Waals surface area (Å²) in [4.78, 5) is 4.85. The third-order valence-electron chi connectivity index (χ3n) is 4.35. The van der Waals surface area contributed by atoms with E-state index in [2.05, 4.69) is 48.2 Å². The molecular formula is C18H21N3S. The Morgan fingerprint density at radius 1 is 1.32 bits per heavy atom. The Kier molecular flexibility index (Phi) is 4.84. The highest BCUT2D eigenvalue weighted by molar-refractivity contribution is 7.99. The maximum Gasteiger partial charge on any atom is 0.0869 e. The molecule has 0 unspecified atom stereocenters. The Bertz CT molecular complexity index is 718. The van der Waals surface area contributed by atoms with Crippen molar-refractivity contribution in [2.24, 2.45) is 12.0 Å². The van der Waals surface area contributed by atoms with Gasteiger partial charge in [-0.1, -0.05) is 49.2 Å². The van der Waals surface area contributed by atoms with Crippen LogP contribution in [0.5, 0.6) is 0 Å². The maximum atomic E-state index is 8.90. The number of para-hydroxylation sites is 1. The van der Waals surface area contributed by atoms with E-state index in [1.54, 1.807) is 11.8 Å². The smallest absolute Gasteiger partial charge is 0.0869 e. The van der Waals surface area contributed by atoms with Crippen LogP contribution in [0.15, 0.2) is 34.3 Å². The van der Waals surface area contributed by atoms with E-state index in [-0.39, 0.29) is 0 Å². The van der Waals surface area contributed by atoms with Crippen LogP contribution >= 0.6 is 11.8 Å². The summed E-state index contributed by atoms with van der Waals surface area (Å²) in [5.41, 5.74) is 2.37. The van der Waals surface area contributed by atoms with E-state index in [9.17, 15) is 0 Å². The molecule has 3 nitrogen and oxygen atoms in total. The average molecular weight is 311 g/mol. The highest BCUT2D eigenvalue weighted by Crippen LogP contribution is 2.31. The van der Waals surface area contributed by atoms with E-state index in [1.807, 2.05) is 0 Å². The van der Waals surface area contributed by atoms with Crippen LogP contribution in [0.1, 0.15) is 37.7 Å². The number of thioether (sulfide) groups is 1. The molecule has 1 aliphatic rings. The molecule has 0 bridgehead atoms. The standard InChI is InChI=1S/C18H21N3S/c1-21-17-10-6-5-9-15(17)16(18(21)22-12-11-19)13-20-14-7-3-2-4-8-14/h5-6,9-10,13-14H,2-4,7-8,12H2,1H3. The average Bonchev–Trinajstić information content (AvgIpc) is 2.84. The summed E-state index contributed by atoms with van der Waals surface area (Å²) in [5.74, 6) is 0.467. The van der Waals surface area contributed by atoms with Gasteiger partial charge in [-0.15, -0.1) is 0 Å². The molecule has 0 spiro atoms. The van der Waals surface area contributed by atoms with Gasteiger partial charge in [0, 0.05) is 35.8 Å². The van der Waals surface area contributed by atoms with Gasteiger partial charge in [0.05, 0.1) is 16.8 Å². The summed E-state index contributed by atoms with van der Waals surface area (Å²) in [7, 11) is 2.07. The van der Waals surface area contributed by atoms with Crippen LogP contribution in [-0.4, -0.2) is 22.6 Å². The lowest BCUT2D eigenvalue weighted by atomic mass is 9.96. The second-order valence-corrected chi connectivity index (χ2v) is 6.78. The zero-order valence-corrected chi connectivity index (χ0v) is 13.8. The van der Waals surface area contributed by atoms with Gasteiger partial charge in [0.2, 0.25) is 0 Å². The van der Waals surface area contributed by atoms with E-state index < -0.39 is 0 Å². The number of hydrogen-bond acceptors (Lipinski definition) is 3. The first-order valence-corrected chi connectivity index (χ1v) is 8.90. The Balaban J connectivity index is 1.98. The van der Waals surface area contributed by atoms with Gasteiger partial charge < -0.3 is 4.57 Å². The van der Waals surface area contributed by atoms with Crippen molar-refractivity contribution < 1.29 is 0 Å². The quantitative estimate of drug-likeness (QED) is 0.614. The van der Waals surface area contributed by atoms with Gasteiger partial charge in [-0.3, -0.25) is 4.99 Å². The van der Waals surface area contributed by atoms with Crippen LogP contribution < -0.4 is 0 Å². The van der Waals surface area contributed by atoms with Crippen molar-refractivity contribution in [3.63, 3.8) is 0 Å². The zero-order chi connectivity index (χ0) is 15.4. The zero-order valence-electron chi connectivity index (χ0n) is 13.0. The normalized spacial score (nSPS) is 16.4. The molecule has 2 aromatic rings. The van der Waals surface area contributed by atoms with Crippen molar-refractivity contribution >= 4 is 28.9 Å². The minimum Gasteiger partial charge on any atom is -0.338 e. The lowest BCUT2D eigenvalue weighted by Crippen LogP contribution is -2.09. The van der Waals surface area contributed by atoms with Crippen LogP contribution in [0.2, 0.25) is 0 Å². The molecule has 22 heavy (non-hydrogen) atoms. The van der Waals surface area contributed by atoms with Crippen LogP contribution in [0.25, 0.3) is 10.9 Å². The third-order valence-corrected chi connectivity index (χ3v) is 5.39. The fourth-order valence-electron chi connectivity index (χ4n) is 3.21. The predicted molar refractivity (Wildman–Crippen MR) is 93.7 cm³/mol. The molecule has 1 aromatic heterocycles. The molecule has 114 valence electrons. The van der Waals surface area contributed by atoms with Crippen LogP contribution in [0.3, 0.4) is 0 Å². The van der Waals surface area contributed by atoms with Crippen molar-refractivity contribution in [1.29, 1.82) is 5.26 Å². The third kappa shape index (κ3) is 3.05. The van der Waals surface area contributed by atoms with Crippen molar-refractivity contribution in [2.75, 3.05) is 5.75 Å². The molecule has 0 aliphatic heterocycles. The number of aryl methyl sites for hydroxylation is 1. The lowest BCUT2D eigenvalue weighted by Gasteiger charge is -2.17. The van der Waals surface area contributed by atoms with Crippen LogP contribution in [-0.2, 0) is 7.05 Å². The maximum absolute atomic E-state index is 8.90. The van der Waals surface area contributed by atoms with Crippen molar-refractivity contribution in [3.05, 3.63) is 29.8 Å². The van der Waals surface area contributed by atoms with Crippen LogP contribution in [0, 0.1) is 11.3 Å². The number of benzene rings is 1. The Morgan fingerprint density at radius 2 is 2.09 bits per heavy atom. The molecule has 1 fully saturated rings. The monoisotopic (exact) mass is 311 g/mol. The molecule has 3 rings (SSSR count). The topological polar surface area (TPSA) is 41.1 Å². The second kappa shape index (κ2) is 7.02. The van der Waals surface area contributed by atoms with E-state index >= 15 is 0 Å². The molecule has 0 saturated heterocycles. The number of aromatic nitrogens is 1. The Morgan fingerprint density at radius 3 is 2.86 bits per heavy atom. The first kappa shape index (κ1) is 15.2. The summed E-state index contributed by atoms with van der Waals surface area (Å²) in [6.07, 6.45) is 8.42. The number of rotatable bonds is 4. The van der Waals surface area contributed by atoms with Gasteiger partial charge >= 0.3 is 0 Å². The van der Waals surface area contributed by atoms with Gasteiger partial charge in [0.15, 0.2) is 0 Å². The van der Waals surface area contributed by atoms with Crippen LogP contribution in [0.4, 0.5) is 0 Å². The summed E-state index contributed by atoms with van der Waals surface area (Å²) < 4.78 is 2.18. The minimum absolute atomic E-state index is 0.467. The first-order valence-electron chi connectivity index (χ1n) is 7.91. The molecule has 0 atom stereocenters. The van der Waals surface area contributed by atoms with Crippen molar-refractivity contribution in [2.45, 2.75) is 43.2 Å². The second-order valence-electron chi connectivity index (χ2n) is 5.81. The summed E-state index contributed by atoms with van der Waals surface area (Å²) in [6.45, 7) is 0. The van der Waals surface area contributed by atoms with Gasteiger partial charge in [0.1, 0.15) is 0 Å². The highest BCUT2D eigenvalue weighted by atomic mass is 32.2. The summed E-state index contributed by atoms with van der Waals surface area (Å²) in [5, 5.41) is 11.3. The fourth-order valence-corrected chi connectivity index (χ4v) is 4.02. The van der Waals surface area contributed by atoms with E-state index in [1.165, 1.54) is 48.6 Å².